The Kier molecular flexibility index (Phi) is 3.76. The maximum atomic E-state index is 5.86. The summed E-state index contributed by atoms with van der Waals surface area (Å²) in [4.78, 5) is 5.57. The van der Waals surface area contributed by atoms with Gasteiger partial charge < -0.3 is 5.73 Å². The summed E-state index contributed by atoms with van der Waals surface area (Å²) in [5.74, 6) is 2.41. The fourth-order valence-corrected chi connectivity index (χ4v) is 3.41. The van der Waals surface area contributed by atoms with Crippen molar-refractivity contribution in [2.75, 3.05) is 6.54 Å². The minimum absolute atomic E-state index is 0.739. The van der Waals surface area contributed by atoms with E-state index in [1.807, 2.05) is 11.7 Å². The van der Waals surface area contributed by atoms with Gasteiger partial charge in [-0.2, -0.15) is 0 Å². The van der Waals surface area contributed by atoms with E-state index in [0.717, 1.165) is 24.3 Å². The van der Waals surface area contributed by atoms with Gasteiger partial charge in [0.05, 0.1) is 5.51 Å². The quantitative estimate of drug-likeness (QED) is 0.857. The molecular formula is C12H20N2S. The first-order valence-corrected chi connectivity index (χ1v) is 6.75. The fraction of sp³-hybridized carbons (Fsp3) is 0.750. The Morgan fingerprint density at radius 3 is 3.00 bits per heavy atom. The molecule has 0 radical (unpaired) electrons. The van der Waals surface area contributed by atoms with E-state index in [2.05, 4.69) is 11.9 Å². The Hall–Kier alpha value is -0.410. The molecule has 1 fully saturated rings. The molecule has 0 amide bonds. The van der Waals surface area contributed by atoms with Crippen LogP contribution < -0.4 is 5.73 Å². The fourth-order valence-electron chi connectivity index (χ4n) is 2.72. The second-order valence-corrected chi connectivity index (χ2v) is 5.82. The van der Waals surface area contributed by atoms with Gasteiger partial charge in [0.2, 0.25) is 0 Å². The largest absolute Gasteiger partial charge is 0.330 e. The van der Waals surface area contributed by atoms with Crippen molar-refractivity contribution in [2.45, 2.75) is 32.6 Å². The first kappa shape index (κ1) is 11.1. The van der Waals surface area contributed by atoms with Crippen molar-refractivity contribution in [3.05, 3.63) is 16.6 Å². The average molecular weight is 224 g/mol. The van der Waals surface area contributed by atoms with Crippen LogP contribution in [0.5, 0.6) is 0 Å². The molecule has 1 aromatic heterocycles. The Labute approximate surface area is 95.9 Å². The first-order valence-electron chi connectivity index (χ1n) is 5.87. The summed E-state index contributed by atoms with van der Waals surface area (Å²) in [6, 6.07) is 0. The third-order valence-electron chi connectivity index (χ3n) is 3.65. The van der Waals surface area contributed by atoms with E-state index in [-0.39, 0.29) is 0 Å². The molecule has 0 saturated heterocycles. The molecule has 1 saturated carbocycles. The summed E-state index contributed by atoms with van der Waals surface area (Å²) < 4.78 is 0. The molecule has 15 heavy (non-hydrogen) atoms. The van der Waals surface area contributed by atoms with Crippen molar-refractivity contribution in [3.63, 3.8) is 0 Å². The molecule has 3 heteroatoms. The molecular weight excluding hydrogens is 204 g/mol. The zero-order chi connectivity index (χ0) is 10.7. The topological polar surface area (TPSA) is 38.9 Å². The van der Waals surface area contributed by atoms with Gasteiger partial charge in [0.15, 0.2) is 0 Å². The first-order chi connectivity index (χ1) is 7.29. The summed E-state index contributed by atoms with van der Waals surface area (Å²) in [5, 5.41) is 0. The summed E-state index contributed by atoms with van der Waals surface area (Å²) in [6.45, 7) is 3.22. The zero-order valence-corrected chi connectivity index (χ0v) is 10.2. The van der Waals surface area contributed by atoms with Crippen molar-refractivity contribution in [3.8, 4) is 0 Å². The summed E-state index contributed by atoms with van der Waals surface area (Å²) in [5.41, 5.74) is 7.79. The molecule has 1 heterocycles. The van der Waals surface area contributed by atoms with Crippen molar-refractivity contribution < 1.29 is 0 Å². The second-order valence-electron chi connectivity index (χ2n) is 4.85. The number of hydrogen-bond acceptors (Lipinski definition) is 3. The van der Waals surface area contributed by atoms with Crippen LogP contribution in [0.4, 0.5) is 0 Å². The highest BCUT2D eigenvalue weighted by molar-refractivity contribution is 7.09. The highest BCUT2D eigenvalue weighted by atomic mass is 32.1. The van der Waals surface area contributed by atoms with E-state index < -0.39 is 0 Å². The molecule has 0 spiro atoms. The van der Waals surface area contributed by atoms with Crippen LogP contribution in [-0.2, 0) is 6.42 Å². The maximum Gasteiger partial charge on any atom is 0.0794 e. The van der Waals surface area contributed by atoms with Gasteiger partial charge in [-0.15, -0.1) is 11.3 Å². The van der Waals surface area contributed by atoms with Crippen LogP contribution in [0.25, 0.3) is 0 Å². The van der Waals surface area contributed by atoms with Crippen molar-refractivity contribution in [1.29, 1.82) is 0 Å². The minimum Gasteiger partial charge on any atom is -0.330 e. The molecule has 0 bridgehead atoms. The minimum atomic E-state index is 0.739. The SMILES string of the molecule is CC1CCC(CN)C(Cc2cncs2)C1. The molecule has 0 aromatic carbocycles. The second kappa shape index (κ2) is 5.08. The Bertz CT molecular complexity index is 284. The number of nitrogens with two attached hydrogens (primary N) is 1. The molecule has 1 aliphatic carbocycles. The molecule has 1 aromatic rings. The molecule has 0 aliphatic heterocycles. The van der Waals surface area contributed by atoms with E-state index in [0.29, 0.717) is 0 Å². The Morgan fingerprint density at radius 1 is 1.47 bits per heavy atom. The van der Waals surface area contributed by atoms with Crippen LogP contribution in [0.1, 0.15) is 31.1 Å². The van der Waals surface area contributed by atoms with Crippen LogP contribution in [0.3, 0.4) is 0 Å². The molecule has 3 unspecified atom stereocenters. The van der Waals surface area contributed by atoms with Gasteiger partial charge in [-0.3, -0.25) is 4.98 Å². The van der Waals surface area contributed by atoms with E-state index in [9.17, 15) is 0 Å². The standard InChI is InChI=1S/C12H20N2S/c1-9-2-3-10(6-13)11(4-9)5-12-7-14-8-15-12/h7-11H,2-6,13H2,1H3. The van der Waals surface area contributed by atoms with Gasteiger partial charge in [-0.25, -0.2) is 0 Å². The van der Waals surface area contributed by atoms with E-state index in [1.54, 1.807) is 11.3 Å². The third kappa shape index (κ3) is 2.79. The van der Waals surface area contributed by atoms with Gasteiger partial charge >= 0.3 is 0 Å². The third-order valence-corrected chi connectivity index (χ3v) is 4.45. The summed E-state index contributed by atoms with van der Waals surface area (Å²) in [6.07, 6.45) is 7.23. The van der Waals surface area contributed by atoms with Crippen molar-refractivity contribution in [2.24, 2.45) is 23.5 Å². The number of nitrogens with zero attached hydrogens (tertiary/aromatic N) is 1. The van der Waals surface area contributed by atoms with Crippen molar-refractivity contribution in [1.82, 2.24) is 4.98 Å². The van der Waals surface area contributed by atoms with Gasteiger partial charge in [-0.1, -0.05) is 13.3 Å². The van der Waals surface area contributed by atoms with E-state index >= 15 is 0 Å². The van der Waals surface area contributed by atoms with E-state index in [4.69, 9.17) is 5.73 Å². The lowest BCUT2D eigenvalue weighted by atomic mass is 9.73. The highest BCUT2D eigenvalue weighted by Crippen LogP contribution is 2.35. The zero-order valence-electron chi connectivity index (χ0n) is 9.36. The Balaban J connectivity index is 1.98. The number of rotatable bonds is 3. The number of aromatic nitrogens is 1. The molecule has 2 nitrogen and oxygen atoms in total. The van der Waals surface area contributed by atoms with Gasteiger partial charge in [0, 0.05) is 11.1 Å². The molecule has 84 valence electrons. The van der Waals surface area contributed by atoms with Crippen molar-refractivity contribution >= 4 is 11.3 Å². The monoisotopic (exact) mass is 224 g/mol. The van der Waals surface area contributed by atoms with Gasteiger partial charge in [0.25, 0.3) is 0 Å². The predicted octanol–water partition coefficient (Wildman–Crippen LogP) is 2.70. The highest BCUT2D eigenvalue weighted by Gasteiger charge is 2.27. The van der Waals surface area contributed by atoms with Crippen LogP contribution in [0.15, 0.2) is 11.7 Å². The predicted molar refractivity (Wildman–Crippen MR) is 64.9 cm³/mol. The lowest BCUT2D eigenvalue weighted by molar-refractivity contribution is 0.194. The summed E-state index contributed by atoms with van der Waals surface area (Å²) >= 11 is 1.78. The normalized spacial score (nSPS) is 31.7. The van der Waals surface area contributed by atoms with Crippen LogP contribution in [0, 0.1) is 17.8 Å². The summed E-state index contributed by atoms with van der Waals surface area (Å²) in [7, 11) is 0. The lowest BCUT2D eigenvalue weighted by Gasteiger charge is -2.34. The molecule has 3 atom stereocenters. The smallest absolute Gasteiger partial charge is 0.0794 e. The average Bonchev–Trinajstić information content (AvgIpc) is 2.71. The molecule has 2 N–H and O–H groups in total. The lowest BCUT2D eigenvalue weighted by Crippen LogP contribution is -2.30. The Morgan fingerprint density at radius 2 is 2.33 bits per heavy atom. The van der Waals surface area contributed by atoms with E-state index in [1.165, 1.54) is 30.6 Å². The number of thiazole rings is 1. The molecule has 1 aliphatic rings. The molecule has 2 rings (SSSR count). The van der Waals surface area contributed by atoms with Crippen LogP contribution in [-0.4, -0.2) is 11.5 Å². The maximum absolute atomic E-state index is 5.86. The van der Waals surface area contributed by atoms with Crippen LogP contribution >= 0.6 is 11.3 Å². The number of hydrogen-bond donors (Lipinski definition) is 1. The van der Waals surface area contributed by atoms with Gasteiger partial charge in [0.1, 0.15) is 0 Å². The van der Waals surface area contributed by atoms with Gasteiger partial charge in [-0.05, 0) is 43.6 Å². The van der Waals surface area contributed by atoms with Crippen LogP contribution in [0.2, 0.25) is 0 Å².